The Bertz CT molecular complexity index is 513. The summed E-state index contributed by atoms with van der Waals surface area (Å²) in [6.45, 7) is 5.47. The van der Waals surface area contributed by atoms with Gasteiger partial charge in [0, 0.05) is 0 Å². The summed E-state index contributed by atoms with van der Waals surface area (Å²) < 4.78 is 5.33. The highest BCUT2D eigenvalue weighted by atomic mass is 32.1. The van der Waals surface area contributed by atoms with Gasteiger partial charge in [-0.15, -0.1) is 11.3 Å². The molecule has 4 nitrogen and oxygen atoms in total. The first-order chi connectivity index (χ1) is 10.8. The van der Waals surface area contributed by atoms with Crippen LogP contribution in [0.1, 0.15) is 69.0 Å². The van der Waals surface area contributed by atoms with E-state index in [1.54, 1.807) is 0 Å². The van der Waals surface area contributed by atoms with Crippen LogP contribution in [0.2, 0.25) is 0 Å². The van der Waals surface area contributed by atoms with Crippen molar-refractivity contribution in [3.63, 3.8) is 0 Å². The molecule has 128 valence electrons. The Morgan fingerprint density at radius 3 is 2.57 bits per heavy atom. The van der Waals surface area contributed by atoms with Gasteiger partial charge in [-0.25, -0.2) is 4.79 Å². The van der Waals surface area contributed by atoms with Crippen LogP contribution in [0.3, 0.4) is 0 Å². The second kappa shape index (κ2) is 7.95. The Labute approximate surface area is 142 Å². The molecule has 0 saturated heterocycles. The van der Waals surface area contributed by atoms with Crippen LogP contribution in [0.15, 0.2) is 17.5 Å². The first kappa shape index (κ1) is 18.0. The van der Waals surface area contributed by atoms with Crippen LogP contribution in [0.4, 0.5) is 4.79 Å². The minimum atomic E-state index is -0.564. The third-order valence-corrected chi connectivity index (χ3v) is 4.95. The summed E-state index contributed by atoms with van der Waals surface area (Å²) in [7, 11) is 0. The Kier molecular flexibility index (Phi) is 6.22. The first-order valence-corrected chi connectivity index (χ1v) is 9.30. The summed E-state index contributed by atoms with van der Waals surface area (Å²) in [5.41, 5.74) is -0.564. The zero-order valence-corrected chi connectivity index (χ0v) is 15.1. The van der Waals surface area contributed by atoms with Crippen molar-refractivity contribution in [3.8, 4) is 0 Å². The van der Waals surface area contributed by atoms with Crippen molar-refractivity contribution < 1.29 is 14.3 Å². The molecule has 0 spiro atoms. The average molecular weight is 337 g/mol. The van der Waals surface area contributed by atoms with E-state index in [0.29, 0.717) is 17.2 Å². The second-order valence-electron chi connectivity index (χ2n) is 7.28. The van der Waals surface area contributed by atoms with Gasteiger partial charge in [-0.1, -0.05) is 38.2 Å². The maximum absolute atomic E-state index is 12.7. The summed E-state index contributed by atoms with van der Waals surface area (Å²) in [5, 5.41) is 4.69. The molecule has 1 amide bonds. The van der Waals surface area contributed by atoms with Crippen molar-refractivity contribution in [2.45, 2.75) is 70.9 Å². The molecule has 1 N–H and O–H groups in total. The fraction of sp³-hybridized carbons (Fsp3) is 0.667. The van der Waals surface area contributed by atoms with Crippen LogP contribution >= 0.6 is 11.3 Å². The SMILES string of the molecule is CC(C)(C)OC(=O)N[C@@H](CC1CCCCC1)C(=O)c1cccs1. The Hall–Kier alpha value is -1.36. The van der Waals surface area contributed by atoms with E-state index in [9.17, 15) is 9.59 Å². The van der Waals surface area contributed by atoms with E-state index in [4.69, 9.17) is 4.74 Å². The highest BCUT2D eigenvalue weighted by Crippen LogP contribution is 2.28. The predicted octanol–water partition coefficient (Wildman–Crippen LogP) is 4.79. The molecule has 0 unspecified atom stereocenters. The maximum Gasteiger partial charge on any atom is 0.408 e. The summed E-state index contributed by atoms with van der Waals surface area (Å²) in [6.07, 6.45) is 6.20. The molecule has 5 heteroatoms. The highest BCUT2D eigenvalue weighted by molar-refractivity contribution is 7.12. The van der Waals surface area contributed by atoms with E-state index >= 15 is 0 Å². The minimum Gasteiger partial charge on any atom is -0.444 e. The van der Waals surface area contributed by atoms with E-state index in [-0.39, 0.29) is 5.78 Å². The third kappa shape index (κ3) is 5.98. The summed E-state index contributed by atoms with van der Waals surface area (Å²) in [6, 6.07) is 3.19. The standard InChI is InChI=1S/C18H27NO3S/c1-18(2,3)22-17(21)19-14(12-13-8-5-4-6-9-13)16(20)15-10-7-11-23-15/h7,10-11,13-14H,4-6,8-9,12H2,1-3H3,(H,19,21)/t14-/m0/s1. The van der Waals surface area contributed by atoms with Crippen LogP contribution in [-0.4, -0.2) is 23.5 Å². The van der Waals surface area contributed by atoms with Gasteiger partial charge in [0.15, 0.2) is 5.78 Å². The molecule has 1 atom stereocenters. The maximum atomic E-state index is 12.7. The molecule has 1 heterocycles. The largest absolute Gasteiger partial charge is 0.444 e. The van der Waals surface area contributed by atoms with Gasteiger partial charge in [0.25, 0.3) is 0 Å². The van der Waals surface area contributed by atoms with E-state index in [0.717, 1.165) is 12.8 Å². The quantitative estimate of drug-likeness (QED) is 0.786. The van der Waals surface area contributed by atoms with Crippen molar-refractivity contribution in [3.05, 3.63) is 22.4 Å². The number of ketones is 1. The van der Waals surface area contributed by atoms with E-state index < -0.39 is 17.7 Å². The van der Waals surface area contributed by atoms with E-state index in [2.05, 4.69) is 5.32 Å². The number of carbonyl (C=O) groups is 2. The normalized spacial score (nSPS) is 17.5. The summed E-state index contributed by atoms with van der Waals surface area (Å²) in [4.78, 5) is 25.5. The predicted molar refractivity (Wildman–Crippen MR) is 93.0 cm³/mol. The molecule has 0 bridgehead atoms. The summed E-state index contributed by atoms with van der Waals surface area (Å²) >= 11 is 1.42. The lowest BCUT2D eigenvalue weighted by atomic mass is 9.84. The second-order valence-corrected chi connectivity index (χ2v) is 8.23. The van der Waals surface area contributed by atoms with Gasteiger partial charge in [-0.2, -0.15) is 0 Å². The number of Topliss-reactive ketones (excluding diaryl/α,β-unsaturated/α-hetero) is 1. The van der Waals surface area contributed by atoms with Crippen LogP contribution in [0, 0.1) is 5.92 Å². The van der Waals surface area contributed by atoms with Crippen molar-refractivity contribution in [2.75, 3.05) is 0 Å². The number of hydrogen-bond acceptors (Lipinski definition) is 4. The van der Waals surface area contributed by atoms with Crippen LogP contribution in [0.5, 0.6) is 0 Å². The molecule has 0 radical (unpaired) electrons. The molecule has 1 fully saturated rings. The topological polar surface area (TPSA) is 55.4 Å². The number of alkyl carbamates (subject to hydrolysis) is 1. The number of carbonyl (C=O) groups excluding carboxylic acids is 2. The first-order valence-electron chi connectivity index (χ1n) is 8.42. The molecule has 0 aromatic carbocycles. The van der Waals surface area contributed by atoms with Gasteiger partial charge in [-0.05, 0) is 44.6 Å². The van der Waals surface area contributed by atoms with Crippen molar-refractivity contribution in [2.24, 2.45) is 5.92 Å². The van der Waals surface area contributed by atoms with Gasteiger partial charge in [0.1, 0.15) is 5.60 Å². The van der Waals surface area contributed by atoms with Gasteiger partial charge in [0.05, 0.1) is 10.9 Å². The van der Waals surface area contributed by atoms with Crippen LogP contribution < -0.4 is 5.32 Å². The van der Waals surface area contributed by atoms with Gasteiger partial charge < -0.3 is 10.1 Å². The Morgan fingerprint density at radius 1 is 1.30 bits per heavy atom. The molecular formula is C18H27NO3S. The average Bonchev–Trinajstić information content (AvgIpc) is 2.99. The molecule has 1 aromatic rings. The van der Waals surface area contributed by atoms with Crippen molar-refractivity contribution in [1.29, 1.82) is 0 Å². The van der Waals surface area contributed by atoms with Crippen molar-refractivity contribution >= 4 is 23.2 Å². The lowest BCUT2D eigenvalue weighted by Gasteiger charge is -2.27. The zero-order chi connectivity index (χ0) is 16.9. The molecule has 1 saturated carbocycles. The lowest BCUT2D eigenvalue weighted by Crippen LogP contribution is -2.44. The fourth-order valence-corrected chi connectivity index (χ4v) is 3.75. The molecule has 2 rings (SSSR count). The highest BCUT2D eigenvalue weighted by Gasteiger charge is 2.29. The monoisotopic (exact) mass is 337 g/mol. The number of nitrogens with one attached hydrogen (secondary N) is 1. The molecule has 1 aliphatic rings. The lowest BCUT2D eigenvalue weighted by molar-refractivity contribution is 0.0481. The zero-order valence-electron chi connectivity index (χ0n) is 14.3. The number of amides is 1. The van der Waals surface area contributed by atoms with Crippen LogP contribution in [0.25, 0.3) is 0 Å². The molecule has 1 aromatic heterocycles. The molecular weight excluding hydrogens is 310 g/mol. The third-order valence-electron chi connectivity index (χ3n) is 4.07. The van der Waals surface area contributed by atoms with Gasteiger partial charge in [0.2, 0.25) is 0 Å². The van der Waals surface area contributed by atoms with E-state index in [1.807, 2.05) is 38.3 Å². The summed E-state index contributed by atoms with van der Waals surface area (Å²) in [5.74, 6) is 0.504. The molecule has 23 heavy (non-hydrogen) atoms. The molecule has 0 aliphatic heterocycles. The van der Waals surface area contributed by atoms with Crippen LogP contribution in [-0.2, 0) is 4.74 Å². The number of thiophene rings is 1. The number of ether oxygens (including phenoxy) is 1. The smallest absolute Gasteiger partial charge is 0.408 e. The Morgan fingerprint density at radius 2 is 2.00 bits per heavy atom. The minimum absolute atomic E-state index is 0.00330. The Balaban J connectivity index is 2.04. The number of rotatable bonds is 5. The van der Waals surface area contributed by atoms with Crippen molar-refractivity contribution in [1.82, 2.24) is 5.32 Å². The van der Waals surface area contributed by atoms with Gasteiger partial charge in [-0.3, -0.25) is 4.79 Å². The number of hydrogen-bond donors (Lipinski definition) is 1. The fourth-order valence-electron chi connectivity index (χ4n) is 3.03. The molecule has 1 aliphatic carbocycles. The van der Waals surface area contributed by atoms with Gasteiger partial charge >= 0.3 is 6.09 Å². The van der Waals surface area contributed by atoms with E-state index in [1.165, 1.54) is 30.6 Å².